The maximum atomic E-state index is 13.3. The summed E-state index contributed by atoms with van der Waals surface area (Å²) in [6.07, 6.45) is 0. The largest absolute Gasteiger partial charge is 0.496 e. The number of benzene rings is 1. The van der Waals surface area contributed by atoms with Crippen LogP contribution in [-0.4, -0.2) is 26.2 Å². The van der Waals surface area contributed by atoms with Gasteiger partial charge in [-0.3, -0.25) is 0 Å². The molecule has 2 N–H and O–H groups in total. The minimum absolute atomic E-state index is 0.0967. The Labute approximate surface area is 95.0 Å². The number of rotatable bonds is 2. The molecule has 1 heterocycles. The smallest absolute Gasteiger partial charge is 0.123 e. The Balaban J connectivity index is 2.33. The van der Waals surface area contributed by atoms with Gasteiger partial charge >= 0.3 is 0 Å². The van der Waals surface area contributed by atoms with Gasteiger partial charge in [0.15, 0.2) is 0 Å². The van der Waals surface area contributed by atoms with E-state index in [1.807, 2.05) is 0 Å². The first-order valence-electron chi connectivity index (χ1n) is 5.52. The number of hydrogen-bond donors (Lipinski definition) is 2. The molecule has 0 spiro atoms. The molecule has 88 valence electrons. The molecule has 4 heteroatoms. The van der Waals surface area contributed by atoms with Gasteiger partial charge in [0.05, 0.1) is 13.2 Å². The van der Waals surface area contributed by atoms with Crippen LogP contribution in [0, 0.1) is 5.82 Å². The fourth-order valence-corrected chi connectivity index (χ4v) is 2.15. The molecule has 2 atom stereocenters. The molecule has 3 nitrogen and oxygen atoms in total. The van der Waals surface area contributed by atoms with E-state index in [1.165, 1.54) is 6.07 Å². The lowest BCUT2D eigenvalue weighted by atomic mass is 9.97. The number of nitrogens with one attached hydrogen (secondary N) is 2. The summed E-state index contributed by atoms with van der Waals surface area (Å²) in [5.41, 5.74) is 0.877. The minimum Gasteiger partial charge on any atom is -0.496 e. The third kappa shape index (κ3) is 2.18. The average molecular weight is 224 g/mol. The molecule has 0 bridgehead atoms. The van der Waals surface area contributed by atoms with Crippen molar-refractivity contribution in [3.05, 3.63) is 29.6 Å². The van der Waals surface area contributed by atoms with Crippen LogP contribution in [0.25, 0.3) is 0 Å². The molecule has 0 aromatic heterocycles. The van der Waals surface area contributed by atoms with Gasteiger partial charge < -0.3 is 15.4 Å². The van der Waals surface area contributed by atoms with Crippen LogP contribution >= 0.6 is 0 Å². The Morgan fingerprint density at radius 3 is 2.75 bits per heavy atom. The van der Waals surface area contributed by atoms with Crippen LogP contribution in [0.4, 0.5) is 4.39 Å². The standard InChI is InChI=1S/C12H17FN2O/c1-8-12(15-6-5-14-8)10-7-9(13)3-4-11(10)16-2/h3-4,7-8,12,14-15H,5-6H2,1-2H3. The van der Waals surface area contributed by atoms with E-state index in [0.29, 0.717) is 0 Å². The predicted octanol–water partition coefficient (Wildman–Crippen LogP) is 1.46. The van der Waals surface area contributed by atoms with Crippen LogP contribution in [0.5, 0.6) is 5.75 Å². The second-order valence-electron chi connectivity index (χ2n) is 4.06. The molecule has 0 radical (unpaired) electrons. The normalized spacial score (nSPS) is 25.4. The van der Waals surface area contributed by atoms with Crippen LogP contribution in [0.1, 0.15) is 18.5 Å². The van der Waals surface area contributed by atoms with Gasteiger partial charge in [-0.1, -0.05) is 0 Å². The molecule has 16 heavy (non-hydrogen) atoms. The maximum absolute atomic E-state index is 13.3. The summed E-state index contributed by atoms with van der Waals surface area (Å²) < 4.78 is 18.5. The fourth-order valence-electron chi connectivity index (χ4n) is 2.15. The van der Waals surface area contributed by atoms with Gasteiger partial charge in [0, 0.05) is 24.7 Å². The van der Waals surface area contributed by atoms with Crippen LogP contribution in [-0.2, 0) is 0 Å². The topological polar surface area (TPSA) is 33.3 Å². The average Bonchev–Trinajstić information content (AvgIpc) is 2.29. The second kappa shape index (κ2) is 4.80. The van der Waals surface area contributed by atoms with Crippen molar-refractivity contribution in [2.24, 2.45) is 0 Å². The Morgan fingerprint density at radius 2 is 2.06 bits per heavy atom. The molecule has 0 aliphatic carbocycles. The van der Waals surface area contributed by atoms with Gasteiger partial charge in [0.1, 0.15) is 11.6 Å². The molecule has 1 aromatic rings. The summed E-state index contributed by atoms with van der Waals surface area (Å²) in [6.45, 7) is 3.91. The summed E-state index contributed by atoms with van der Waals surface area (Å²) in [6, 6.07) is 5.00. The molecule has 1 aromatic carbocycles. The lowest BCUT2D eigenvalue weighted by molar-refractivity contribution is 0.329. The van der Waals surface area contributed by atoms with Crippen LogP contribution in [0.2, 0.25) is 0 Å². The van der Waals surface area contributed by atoms with E-state index in [2.05, 4.69) is 17.6 Å². The van der Waals surface area contributed by atoms with Crippen LogP contribution in [0.3, 0.4) is 0 Å². The van der Waals surface area contributed by atoms with Gasteiger partial charge in [-0.05, 0) is 25.1 Å². The highest BCUT2D eigenvalue weighted by Crippen LogP contribution is 2.28. The van der Waals surface area contributed by atoms with E-state index in [1.54, 1.807) is 19.2 Å². The zero-order chi connectivity index (χ0) is 11.5. The number of ether oxygens (including phenoxy) is 1. The zero-order valence-corrected chi connectivity index (χ0v) is 9.59. The van der Waals surface area contributed by atoms with Crippen molar-refractivity contribution in [2.75, 3.05) is 20.2 Å². The van der Waals surface area contributed by atoms with Crippen molar-refractivity contribution in [1.82, 2.24) is 10.6 Å². The summed E-state index contributed by atoms with van der Waals surface area (Å²) in [7, 11) is 1.61. The number of piperazine rings is 1. The van der Waals surface area contributed by atoms with Gasteiger partial charge in [-0.2, -0.15) is 0 Å². The predicted molar refractivity (Wildman–Crippen MR) is 61.2 cm³/mol. The quantitative estimate of drug-likeness (QED) is 0.798. The van der Waals surface area contributed by atoms with E-state index < -0.39 is 0 Å². The highest BCUT2D eigenvalue weighted by atomic mass is 19.1. The molecule has 2 rings (SSSR count). The third-order valence-corrected chi connectivity index (χ3v) is 2.98. The van der Waals surface area contributed by atoms with E-state index in [4.69, 9.17) is 4.74 Å². The first-order valence-corrected chi connectivity index (χ1v) is 5.52. The minimum atomic E-state index is -0.227. The van der Waals surface area contributed by atoms with Crippen molar-refractivity contribution in [1.29, 1.82) is 0 Å². The maximum Gasteiger partial charge on any atom is 0.123 e. The van der Waals surface area contributed by atoms with E-state index >= 15 is 0 Å². The molecular weight excluding hydrogens is 207 g/mol. The zero-order valence-electron chi connectivity index (χ0n) is 9.59. The number of hydrogen-bond acceptors (Lipinski definition) is 3. The summed E-state index contributed by atoms with van der Waals surface area (Å²) >= 11 is 0. The van der Waals surface area contributed by atoms with Gasteiger partial charge in [0.25, 0.3) is 0 Å². The Hall–Kier alpha value is -1.13. The Bertz CT molecular complexity index is 370. The lowest BCUT2D eigenvalue weighted by Gasteiger charge is -2.32. The molecule has 1 fully saturated rings. The molecule has 2 unspecified atom stereocenters. The summed E-state index contributed by atoms with van der Waals surface area (Å²) in [4.78, 5) is 0. The highest BCUT2D eigenvalue weighted by Gasteiger charge is 2.24. The van der Waals surface area contributed by atoms with Crippen molar-refractivity contribution >= 4 is 0 Å². The van der Waals surface area contributed by atoms with Crippen molar-refractivity contribution < 1.29 is 9.13 Å². The Kier molecular flexibility index (Phi) is 3.41. The molecule has 1 aliphatic heterocycles. The van der Waals surface area contributed by atoms with Gasteiger partial charge in [-0.15, -0.1) is 0 Å². The van der Waals surface area contributed by atoms with E-state index in [0.717, 1.165) is 24.4 Å². The van der Waals surface area contributed by atoms with Crippen molar-refractivity contribution in [3.8, 4) is 5.75 Å². The Morgan fingerprint density at radius 1 is 1.31 bits per heavy atom. The summed E-state index contributed by atoms with van der Waals surface area (Å²) in [5, 5.41) is 6.74. The highest BCUT2D eigenvalue weighted by molar-refractivity contribution is 5.37. The lowest BCUT2D eigenvalue weighted by Crippen LogP contribution is -2.49. The van der Waals surface area contributed by atoms with Crippen molar-refractivity contribution in [2.45, 2.75) is 19.0 Å². The number of halogens is 1. The molecule has 0 saturated carbocycles. The van der Waals surface area contributed by atoms with Gasteiger partial charge in [-0.25, -0.2) is 4.39 Å². The number of methoxy groups -OCH3 is 1. The van der Waals surface area contributed by atoms with Crippen LogP contribution < -0.4 is 15.4 Å². The first-order chi connectivity index (χ1) is 7.72. The monoisotopic (exact) mass is 224 g/mol. The van der Waals surface area contributed by atoms with Gasteiger partial charge in [0.2, 0.25) is 0 Å². The molecule has 1 saturated heterocycles. The van der Waals surface area contributed by atoms with Crippen molar-refractivity contribution in [3.63, 3.8) is 0 Å². The van der Waals surface area contributed by atoms with E-state index in [9.17, 15) is 4.39 Å². The molecule has 0 amide bonds. The first kappa shape index (κ1) is 11.4. The molecule has 1 aliphatic rings. The SMILES string of the molecule is COc1ccc(F)cc1C1NCCNC1C. The third-order valence-electron chi connectivity index (χ3n) is 2.98. The molecular formula is C12H17FN2O. The fraction of sp³-hybridized carbons (Fsp3) is 0.500. The van der Waals surface area contributed by atoms with Crippen LogP contribution in [0.15, 0.2) is 18.2 Å². The summed E-state index contributed by atoms with van der Waals surface area (Å²) in [5.74, 6) is 0.504. The second-order valence-corrected chi connectivity index (χ2v) is 4.06. The van der Waals surface area contributed by atoms with E-state index in [-0.39, 0.29) is 17.9 Å².